The number of alkyl halides is 3. The Hall–Kier alpha value is -3.23. The molecule has 0 unspecified atom stereocenters. The Bertz CT molecular complexity index is 805. The Balaban J connectivity index is 2.02. The first-order valence-corrected chi connectivity index (χ1v) is 7.33. The van der Waals surface area contributed by atoms with E-state index in [1.165, 1.54) is 49.6 Å². The molecule has 2 rings (SSSR count). The maximum absolute atomic E-state index is 12.1. The van der Waals surface area contributed by atoms with Gasteiger partial charge in [-0.15, -0.1) is 0 Å². The molecule has 0 saturated heterocycles. The first kappa shape index (κ1) is 19.1. The fourth-order valence-corrected chi connectivity index (χ4v) is 2.02. The van der Waals surface area contributed by atoms with Crippen molar-refractivity contribution in [3.8, 4) is 11.5 Å². The maximum Gasteiger partial charge on any atom is 0.405 e. The molecule has 2 amide bonds. The summed E-state index contributed by atoms with van der Waals surface area (Å²) in [4.78, 5) is 23.8. The van der Waals surface area contributed by atoms with E-state index in [-0.39, 0.29) is 16.9 Å². The molecule has 0 aromatic heterocycles. The molecule has 0 bridgehead atoms. The summed E-state index contributed by atoms with van der Waals surface area (Å²) in [6.07, 6.45) is -4.50. The van der Waals surface area contributed by atoms with E-state index in [0.717, 1.165) is 0 Å². The van der Waals surface area contributed by atoms with Crippen LogP contribution in [0.2, 0.25) is 0 Å². The number of phenolic OH excluding ortho intramolecular Hbond substituents is 1. The van der Waals surface area contributed by atoms with Crippen LogP contribution in [0.1, 0.15) is 20.7 Å². The molecule has 0 saturated carbocycles. The van der Waals surface area contributed by atoms with Crippen LogP contribution in [0.15, 0.2) is 42.5 Å². The second-order valence-electron chi connectivity index (χ2n) is 5.21. The molecule has 0 atom stereocenters. The first-order chi connectivity index (χ1) is 12.2. The zero-order valence-corrected chi connectivity index (χ0v) is 13.6. The van der Waals surface area contributed by atoms with Gasteiger partial charge in [-0.1, -0.05) is 0 Å². The van der Waals surface area contributed by atoms with Crippen LogP contribution in [-0.2, 0) is 0 Å². The average Bonchev–Trinajstić information content (AvgIpc) is 2.59. The number of aromatic hydroxyl groups is 1. The molecule has 3 N–H and O–H groups in total. The molecular formula is C17H15F3N2O4. The molecule has 0 radical (unpaired) electrons. The fraction of sp³-hybridized carbons (Fsp3) is 0.176. The van der Waals surface area contributed by atoms with Crippen LogP contribution in [-0.4, -0.2) is 36.8 Å². The summed E-state index contributed by atoms with van der Waals surface area (Å²) in [5, 5.41) is 14.1. The second kappa shape index (κ2) is 7.77. The minimum atomic E-state index is -4.50. The highest BCUT2D eigenvalue weighted by atomic mass is 19.4. The van der Waals surface area contributed by atoms with Gasteiger partial charge in [0.25, 0.3) is 11.8 Å². The largest absolute Gasteiger partial charge is 0.507 e. The van der Waals surface area contributed by atoms with E-state index in [1.54, 1.807) is 5.32 Å². The highest BCUT2D eigenvalue weighted by Crippen LogP contribution is 2.24. The van der Waals surface area contributed by atoms with Gasteiger partial charge in [-0.2, -0.15) is 13.2 Å². The van der Waals surface area contributed by atoms with Crippen LogP contribution in [0.3, 0.4) is 0 Å². The molecule has 0 spiro atoms. The highest BCUT2D eigenvalue weighted by Gasteiger charge is 2.27. The summed E-state index contributed by atoms with van der Waals surface area (Å²) in [5.74, 6) is -1.37. The molecule has 0 fully saturated rings. The number of anilines is 1. The molecule has 2 aromatic rings. The molecule has 0 aliphatic carbocycles. The lowest BCUT2D eigenvalue weighted by atomic mass is 10.1. The Labute approximate surface area is 146 Å². The van der Waals surface area contributed by atoms with Crippen molar-refractivity contribution in [2.75, 3.05) is 19.0 Å². The number of nitrogens with one attached hydrogen (secondary N) is 2. The van der Waals surface area contributed by atoms with Gasteiger partial charge < -0.3 is 20.5 Å². The number of carbonyl (C=O) groups is 2. The van der Waals surface area contributed by atoms with E-state index < -0.39 is 24.5 Å². The van der Waals surface area contributed by atoms with Crippen LogP contribution >= 0.6 is 0 Å². The van der Waals surface area contributed by atoms with Crippen LogP contribution in [0.5, 0.6) is 11.5 Å². The Kier molecular flexibility index (Phi) is 5.71. The fourth-order valence-electron chi connectivity index (χ4n) is 2.02. The first-order valence-electron chi connectivity index (χ1n) is 7.33. The van der Waals surface area contributed by atoms with Gasteiger partial charge in [0, 0.05) is 17.3 Å². The lowest BCUT2D eigenvalue weighted by molar-refractivity contribution is -0.123. The van der Waals surface area contributed by atoms with Gasteiger partial charge in [0.1, 0.15) is 18.0 Å². The lowest BCUT2D eigenvalue weighted by Crippen LogP contribution is -2.33. The summed E-state index contributed by atoms with van der Waals surface area (Å²) in [6, 6.07) is 9.43. The van der Waals surface area contributed by atoms with Crippen LogP contribution in [0.25, 0.3) is 0 Å². The quantitative estimate of drug-likeness (QED) is 0.757. The summed E-state index contributed by atoms with van der Waals surface area (Å²) in [5.41, 5.74) is 0.329. The molecule has 0 heterocycles. The monoisotopic (exact) mass is 368 g/mol. The summed E-state index contributed by atoms with van der Waals surface area (Å²) < 4.78 is 41.2. The minimum absolute atomic E-state index is 0.0118. The summed E-state index contributed by atoms with van der Waals surface area (Å²) in [7, 11) is 1.42. The zero-order chi connectivity index (χ0) is 19.3. The van der Waals surface area contributed by atoms with Gasteiger partial charge in [0.15, 0.2) is 0 Å². The standard InChI is InChI=1S/C17H15F3N2O4/c1-26-12-6-7-13(14(23)8-12)16(25)22-11-4-2-10(3-5-11)15(24)21-9-17(18,19)20/h2-8,23H,9H2,1H3,(H,21,24)(H,22,25). The number of carbonyl (C=O) groups excluding carboxylic acids is 2. The van der Waals surface area contributed by atoms with E-state index in [2.05, 4.69) is 5.32 Å². The normalized spacial score (nSPS) is 10.9. The second-order valence-corrected chi connectivity index (χ2v) is 5.21. The number of amides is 2. The van der Waals surface area contributed by atoms with E-state index in [4.69, 9.17) is 4.74 Å². The maximum atomic E-state index is 12.1. The molecular weight excluding hydrogens is 353 g/mol. The van der Waals surface area contributed by atoms with E-state index in [1.807, 2.05) is 0 Å². The van der Waals surface area contributed by atoms with Gasteiger partial charge in [0.2, 0.25) is 0 Å². The third-order valence-corrected chi connectivity index (χ3v) is 3.30. The Morgan fingerprint density at radius 3 is 2.27 bits per heavy atom. The minimum Gasteiger partial charge on any atom is -0.507 e. The van der Waals surface area contributed by atoms with Crippen molar-refractivity contribution in [3.05, 3.63) is 53.6 Å². The number of halogens is 3. The van der Waals surface area contributed by atoms with E-state index in [0.29, 0.717) is 11.4 Å². The van der Waals surface area contributed by atoms with Crippen molar-refractivity contribution in [1.82, 2.24) is 5.32 Å². The van der Waals surface area contributed by atoms with Gasteiger partial charge in [-0.25, -0.2) is 0 Å². The third-order valence-electron chi connectivity index (χ3n) is 3.30. The molecule has 0 aliphatic rings. The SMILES string of the molecule is COc1ccc(C(=O)Nc2ccc(C(=O)NCC(F)(F)F)cc2)c(O)c1. The molecule has 0 aliphatic heterocycles. The molecule has 138 valence electrons. The molecule has 9 heteroatoms. The molecule has 26 heavy (non-hydrogen) atoms. The van der Waals surface area contributed by atoms with Crippen LogP contribution < -0.4 is 15.4 Å². The number of hydrogen-bond donors (Lipinski definition) is 3. The molecule has 2 aromatic carbocycles. The average molecular weight is 368 g/mol. The van der Waals surface area contributed by atoms with E-state index >= 15 is 0 Å². The van der Waals surface area contributed by atoms with Crippen LogP contribution in [0.4, 0.5) is 18.9 Å². The number of methoxy groups -OCH3 is 1. The smallest absolute Gasteiger partial charge is 0.405 e. The van der Waals surface area contributed by atoms with Gasteiger partial charge in [-0.3, -0.25) is 9.59 Å². The Morgan fingerprint density at radius 2 is 1.73 bits per heavy atom. The van der Waals surface area contributed by atoms with Gasteiger partial charge >= 0.3 is 6.18 Å². The predicted octanol–water partition coefficient (Wildman–Crippen LogP) is 2.95. The topological polar surface area (TPSA) is 87.7 Å². The van der Waals surface area contributed by atoms with Crippen molar-refractivity contribution < 1.29 is 32.6 Å². The number of benzene rings is 2. The zero-order valence-electron chi connectivity index (χ0n) is 13.6. The lowest BCUT2D eigenvalue weighted by Gasteiger charge is -2.10. The highest BCUT2D eigenvalue weighted by molar-refractivity contribution is 6.06. The Morgan fingerprint density at radius 1 is 1.08 bits per heavy atom. The van der Waals surface area contributed by atoms with Crippen molar-refractivity contribution in [2.24, 2.45) is 0 Å². The van der Waals surface area contributed by atoms with E-state index in [9.17, 15) is 27.9 Å². The predicted molar refractivity (Wildman–Crippen MR) is 87.4 cm³/mol. The third kappa shape index (κ3) is 5.13. The van der Waals surface area contributed by atoms with Crippen molar-refractivity contribution >= 4 is 17.5 Å². The van der Waals surface area contributed by atoms with Crippen molar-refractivity contribution in [3.63, 3.8) is 0 Å². The number of rotatable bonds is 5. The summed E-state index contributed by atoms with van der Waals surface area (Å²) in [6.45, 7) is -1.43. The van der Waals surface area contributed by atoms with Crippen molar-refractivity contribution in [1.29, 1.82) is 0 Å². The van der Waals surface area contributed by atoms with Crippen molar-refractivity contribution in [2.45, 2.75) is 6.18 Å². The van der Waals surface area contributed by atoms with Gasteiger partial charge in [-0.05, 0) is 36.4 Å². The summed E-state index contributed by atoms with van der Waals surface area (Å²) >= 11 is 0. The number of ether oxygens (including phenoxy) is 1. The number of hydrogen-bond acceptors (Lipinski definition) is 4. The number of phenols is 1. The van der Waals surface area contributed by atoms with Crippen LogP contribution in [0, 0.1) is 0 Å². The molecule has 6 nitrogen and oxygen atoms in total. The van der Waals surface area contributed by atoms with Gasteiger partial charge in [0.05, 0.1) is 12.7 Å².